The minimum Gasteiger partial charge on any atom is -0.491 e. The molecule has 1 fully saturated rings. The minimum absolute atomic E-state index is 0.0158. The Labute approximate surface area is 218 Å². The van der Waals surface area contributed by atoms with E-state index in [1.807, 2.05) is 55.1 Å². The number of carbonyl (C=O) groups excluding carboxylic acids is 1. The molecule has 2 aromatic rings. The summed E-state index contributed by atoms with van der Waals surface area (Å²) >= 11 is 12.5. The van der Waals surface area contributed by atoms with Gasteiger partial charge in [0.2, 0.25) is 5.91 Å². The molecule has 192 valence electrons. The standard InChI is InChI=1S/C26H33Cl2NO5S/c1-19(2)34-22-8-6-7-20(15-22)16-25(30)29-13-5-4-11-26(18-29,12-14-33-35(3,31)32)21-9-10-23(27)24(28)17-21/h6-10,15,17,19H,4-5,11-14,16,18H2,1-3H3. The highest BCUT2D eigenvalue weighted by molar-refractivity contribution is 7.85. The van der Waals surface area contributed by atoms with Gasteiger partial charge in [0.25, 0.3) is 10.1 Å². The molecule has 9 heteroatoms. The van der Waals surface area contributed by atoms with Crippen molar-refractivity contribution in [1.82, 2.24) is 4.90 Å². The van der Waals surface area contributed by atoms with E-state index in [2.05, 4.69) is 0 Å². The minimum atomic E-state index is -3.58. The van der Waals surface area contributed by atoms with Crippen molar-refractivity contribution in [3.05, 3.63) is 63.6 Å². The SMILES string of the molecule is CC(C)Oc1cccc(CC(=O)N2CCCCC(CCOS(C)(=O)=O)(c3ccc(Cl)c(Cl)c3)C2)c1. The number of benzene rings is 2. The Kier molecular flexibility index (Phi) is 9.49. The van der Waals surface area contributed by atoms with Gasteiger partial charge in [0.1, 0.15) is 5.75 Å². The Morgan fingerprint density at radius 2 is 1.89 bits per heavy atom. The molecule has 1 atom stereocenters. The van der Waals surface area contributed by atoms with E-state index < -0.39 is 15.5 Å². The zero-order valence-electron chi connectivity index (χ0n) is 20.4. The number of ether oxygens (including phenoxy) is 1. The van der Waals surface area contributed by atoms with Gasteiger partial charge in [0, 0.05) is 18.5 Å². The van der Waals surface area contributed by atoms with Crippen LogP contribution in [0, 0.1) is 0 Å². The molecule has 0 aromatic heterocycles. The van der Waals surface area contributed by atoms with Crippen molar-refractivity contribution in [1.29, 1.82) is 0 Å². The number of hydrogen-bond donors (Lipinski definition) is 0. The number of halogens is 2. The summed E-state index contributed by atoms with van der Waals surface area (Å²) in [6.45, 7) is 5.03. The fraction of sp³-hybridized carbons (Fsp3) is 0.500. The third-order valence-corrected chi connectivity index (χ3v) is 7.55. The van der Waals surface area contributed by atoms with Crippen molar-refractivity contribution in [2.75, 3.05) is 26.0 Å². The van der Waals surface area contributed by atoms with Gasteiger partial charge in [-0.05, 0) is 68.5 Å². The van der Waals surface area contributed by atoms with Crippen LogP contribution in [0.1, 0.15) is 50.7 Å². The summed E-state index contributed by atoms with van der Waals surface area (Å²) in [7, 11) is -3.58. The average molecular weight is 543 g/mol. The average Bonchev–Trinajstić information content (AvgIpc) is 2.98. The second-order valence-corrected chi connectivity index (χ2v) is 11.9. The lowest BCUT2D eigenvalue weighted by Gasteiger charge is -2.37. The Balaban J connectivity index is 1.86. The number of carbonyl (C=O) groups is 1. The van der Waals surface area contributed by atoms with Crippen LogP contribution in [0.2, 0.25) is 10.0 Å². The van der Waals surface area contributed by atoms with E-state index in [0.29, 0.717) is 29.6 Å². The molecule has 0 N–H and O–H groups in total. The molecule has 1 unspecified atom stereocenters. The molecule has 1 amide bonds. The Morgan fingerprint density at radius 1 is 1.11 bits per heavy atom. The molecule has 6 nitrogen and oxygen atoms in total. The maximum Gasteiger partial charge on any atom is 0.264 e. The highest BCUT2D eigenvalue weighted by Gasteiger charge is 2.37. The van der Waals surface area contributed by atoms with Gasteiger partial charge in [-0.25, -0.2) is 0 Å². The van der Waals surface area contributed by atoms with Crippen molar-refractivity contribution >= 4 is 39.2 Å². The molecule has 1 aliphatic rings. The Bertz CT molecular complexity index is 1140. The summed E-state index contributed by atoms with van der Waals surface area (Å²) in [6.07, 6.45) is 4.30. The maximum atomic E-state index is 13.4. The predicted octanol–water partition coefficient (Wildman–Crippen LogP) is 5.64. The molecular formula is C26H33Cl2NO5S. The van der Waals surface area contributed by atoms with E-state index in [4.69, 9.17) is 32.1 Å². The van der Waals surface area contributed by atoms with E-state index in [0.717, 1.165) is 42.4 Å². The van der Waals surface area contributed by atoms with Crippen molar-refractivity contribution in [3.63, 3.8) is 0 Å². The van der Waals surface area contributed by atoms with E-state index in [1.165, 1.54) is 0 Å². The molecule has 2 aromatic carbocycles. The fourth-order valence-corrected chi connectivity index (χ4v) is 5.27. The molecule has 0 radical (unpaired) electrons. The quantitative estimate of drug-likeness (QED) is 0.384. The fourth-order valence-electron chi connectivity index (χ4n) is 4.59. The predicted molar refractivity (Wildman–Crippen MR) is 140 cm³/mol. The summed E-state index contributed by atoms with van der Waals surface area (Å²) in [5.74, 6) is 0.756. The molecule has 0 aliphatic carbocycles. The van der Waals surface area contributed by atoms with Crippen LogP contribution in [0.3, 0.4) is 0 Å². The maximum absolute atomic E-state index is 13.4. The second kappa shape index (κ2) is 12.0. The molecule has 1 saturated heterocycles. The number of rotatable bonds is 9. The number of likely N-dealkylation sites (tertiary alicyclic amines) is 1. The molecule has 0 spiro atoms. The van der Waals surface area contributed by atoms with Gasteiger partial charge in [-0.3, -0.25) is 8.98 Å². The zero-order valence-corrected chi connectivity index (χ0v) is 22.8. The summed E-state index contributed by atoms with van der Waals surface area (Å²) in [5, 5.41) is 0.875. The highest BCUT2D eigenvalue weighted by atomic mass is 35.5. The van der Waals surface area contributed by atoms with Gasteiger partial charge in [0.15, 0.2) is 0 Å². The van der Waals surface area contributed by atoms with Crippen LogP contribution in [0.5, 0.6) is 5.75 Å². The summed E-state index contributed by atoms with van der Waals surface area (Å²) in [5.41, 5.74) is 1.31. The summed E-state index contributed by atoms with van der Waals surface area (Å²) < 4.78 is 34.1. The van der Waals surface area contributed by atoms with Gasteiger partial charge in [0.05, 0.1) is 35.4 Å². The normalized spacial score (nSPS) is 19.0. The van der Waals surface area contributed by atoms with E-state index >= 15 is 0 Å². The lowest BCUT2D eigenvalue weighted by molar-refractivity contribution is -0.131. The van der Waals surface area contributed by atoms with Crippen molar-refractivity contribution in [3.8, 4) is 5.75 Å². The highest BCUT2D eigenvalue weighted by Crippen LogP contribution is 2.39. The Morgan fingerprint density at radius 3 is 2.57 bits per heavy atom. The second-order valence-electron chi connectivity index (χ2n) is 9.45. The zero-order chi connectivity index (χ0) is 25.6. The Hall–Kier alpha value is -1.80. The van der Waals surface area contributed by atoms with Crippen LogP contribution in [0.15, 0.2) is 42.5 Å². The largest absolute Gasteiger partial charge is 0.491 e. The van der Waals surface area contributed by atoms with Crippen molar-refractivity contribution in [2.45, 2.75) is 57.5 Å². The van der Waals surface area contributed by atoms with Crippen LogP contribution >= 0.6 is 23.2 Å². The first-order chi connectivity index (χ1) is 16.5. The lowest BCUT2D eigenvalue weighted by Crippen LogP contribution is -2.44. The van der Waals surface area contributed by atoms with Crippen molar-refractivity contribution in [2.24, 2.45) is 0 Å². The molecule has 0 bridgehead atoms. The van der Waals surface area contributed by atoms with Crippen molar-refractivity contribution < 1.29 is 22.1 Å². The van der Waals surface area contributed by atoms with Crippen LogP contribution in [0.4, 0.5) is 0 Å². The van der Waals surface area contributed by atoms with Gasteiger partial charge in [-0.15, -0.1) is 0 Å². The number of nitrogens with zero attached hydrogens (tertiary/aromatic N) is 1. The van der Waals surface area contributed by atoms with Gasteiger partial charge in [-0.1, -0.05) is 47.8 Å². The third kappa shape index (κ3) is 8.10. The molecule has 35 heavy (non-hydrogen) atoms. The topological polar surface area (TPSA) is 72.9 Å². The summed E-state index contributed by atoms with van der Waals surface area (Å²) in [4.78, 5) is 15.3. The first kappa shape index (κ1) is 27.8. The van der Waals surface area contributed by atoms with Gasteiger partial charge in [-0.2, -0.15) is 8.42 Å². The van der Waals surface area contributed by atoms with Crippen LogP contribution in [0.25, 0.3) is 0 Å². The summed E-state index contributed by atoms with van der Waals surface area (Å²) in [6, 6.07) is 13.1. The monoisotopic (exact) mass is 541 g/mol. The van der Waals surface area contributed by atoms with E-state index in [-0.39, 0.29) is 25.0 Å². The smallest absolute Gasteiger partial charge is 0.264 e. The van der Waals surface area contributed by atoms with Crippen LogP contribution in [-0.2, 0) is 30.9 Å². The third-order valence-electron chi connectivity index (χ3n) is 6.22. The van der Waals surface area contributed by atoms with Gasteiger partial charge < -0.3 is 9.64 Å². The van der Waals surface area contributed by atoms with E-state index in [1.54, 1.807) is 6.07 Å². The van der Waals surface area contributed by atoms with E-state index in [9.17, 15) is 13.2 Å². The molecular weight excluding hydrogens is 509 g/mol. The molecule has 3 rings (SSSR count). The molecule has 1 aliphatic heterocycles. The molecule has 0 saturated carbocycles. The number of hydrogen-bond acceptors (Lipinski definition) is 5. The first-order valence-corrected chi connectivity index (χ1v) is 14.4. The first-order valence-electron chi connectivity index (χ1n) is 11.8. The number of amides is 1. The van der Waals surface area contributed by atoms with Crippen LogP contribution in [-0.4, -0.2) is 51.3 Å². The van der Waals surface area contributed by atoms with Crippen LogP contribution < -0.4 is 4.74 Å². The lowest BCUT2D eigenvalue weighted by atomic mass is 9.74. The van der Waals surface area contributed by atoms with Gasteiger partial charge >= 0.3 is 0 Å². The molecule has 1 heterocycles.